The van der Waals surface area contributed by atoms with Gasteiger partial charge in [0.2, 0.25) is 0 Å². The fourth-order valence-corrected chi connectivity index (χ4v) is 4.17. The summed E-state index contributed by atoms with van der Waals surface area (Å²) in [6.07, 6.45) is 0. The minimum Gasteiger partial charge on any atom is -0.463 e. The molecule has 0 fully saturated rings. The van der Waals surface area contributed by atoms with Crippen LogP contribution in [0.3, 0.4) is 0 Å². The van der Waals surface area contributed by atoms with Crippen LogP contribution in [0.2, 0.25) is 0 Å². The number of esters is 1. The number of nitrogens with zero attached hydrogens (tertiary/aromatic N) is 1. The summed E-state index contributed by atoms with van der Waals surface area (Å²) >= 11 is 6.30. The van der Waals surface area contributed by atoms with Crippen LogP contribution in [0.1, 0.15) is 10.4 Å². The number of hydrogen-bond acceptors (Lipinski definition) is 5. The van der Waals surface area contributed by atoms with E-state index in [1.165, 1.54) is 11.9 Å². The van der Waals surface area contributed by atoms with Gasteiger partial charge in [0.25, 0.3) is 16.0 Å². The molecule has 0 heterocycles. The van der Waals surface area contributed by atoms with Crippen LogP contribution in [-0.4, -0.2) is 55.7 Å². The standard InChI is InChI=1S/C12H12I3NO6S/c1-16(6-10(17)22-2-3-23(19,20)21)12(18)8-4-7(13)5-9(14)11(8)15/h4-5H,2-3,6H2,1H3,(H,19,20,21). The molecule has 0 aliphatic rings. The Bertz CT molecular complexity index is 722. The maximum Gasteiger partial charge on any atom is 0.325 e. The van der Waals surface area contributed by atoms with Crippen molar-refractivity contribution in [1.82, 2.24) is 4.90 Å². The number of ether oxygens (including phenoxy) is 1. The lowest BCUT2D eigenvalue weighted by Gasteiger charge is -2.17. The molecule has 23 heavy (non-hydrogen) atoms. The van der Waals surface area contributed by atoms with Crippen LogP contribution in [0.25, 0.3) is 0 Å². The number of likely N-dealkylation sites (N-methyl/N-ethyl adjacent to an activating group) is 1. The Morgan fingerprint density at radius 1 is 1.26 bits per heavy atom. The van der Waals surface area contributed by atoms with Gasteiger partial charge in [0.15, 0.2) is 0 Å². The Labute approximate surface area is 174 Å². The number of rotatable bonds is 6. The van der Waals surface area contributed by atoms with E-state index in [-0.39, 0.29) is 12.5 Å². The normalized spacial score (nSPS) is 11.2. The summed E-state index contributed by atoms with van der Waals surface area (Å²) in [5.41, 5.74) is 0.482. The van der Waals surface area contributed by atoms with Crippen molar-refractivity contribution < 1.29 is 27.3 Å². The van der Waals surface area contributed by atoms with Crippen LogP contribution in [0.4, 0.5) is 0 Å². The molecular formula is C12H12I3NO6S. The van der Waals surface area contributed by atoms with E-state index >= 15 is 0 Å². The van der Waals surface area contributed by atoms with E-state index in [0.29, 0.717) is 5.56 Å². The molecule has 0 aliphatic carbocycles. The highest BCUT2D eigenvalue weighted by Gasteiger charge is 2.20. The van der Waals surface area contributed by atoms with Gasteiger partial charge in [-0.1, -0.05) is 0 Å². The summed E-state index contributed by atoms with van der Waals surface area (Å²) in [7, 11) is -2.73. The van der Waals surface area contributed by atoms with Gasteiger partial charge in [0.05, 0.1) is 5.56 Å². The Kier molecular flexibility index (Phi) is 8.42. The second-order valence-corrected chi connectivity index (χ2v) is 9.48. The smallest absolute Gasteiger partial charge is 0.325 e. The van der Waals surface area contributed by atoms with Gasteiger partial charge >= 0.3 is 5.97 Å². The van der Waals surface area contributed by atoms with Gasteiger partial charge in [-0.05, 0) is 79.9 Å². The van der Waals surface area contributed by atoms with Crippen molar-refractivity contribution in [2.75, 3.05) is 26.0 Å². The van der Waals surface area contributed by atoms with Crippen LogP contribution in [0.15, 0.2) is 12.1 Å². The highest BCUT2D eigenvalue weighted by molar-refractivity contribution is 14.1. The van der Waals surface area contributed by atoms with Crippen molar-refractivity contribution in [3.8, 4) is 0 Å². The van der Waals surface area contributed by atoms with Crippen LogP contribution < -0.4 is 0 Å². The van der Waals surface area contributed by atoms with Crippen LogP contribution in [0.5, 0.6) is 0 Å². The van der Waals surface area contributed by atoms with Gasteiger partial charge in [-0.25, -0.2) is 0 Å². The van der Waals surface area contributed by atoms with E-state index in [2.05, 4.69) is 72.5 Å². The summed E-state index contributed by atoms with van der Waals surface area (Å²) in [6, 6.07) is 3.66. The second kappa shape index (κ2) is 9.10. The van der Waals surface area contributed by atoms with Gasteiger partial charge in [0, 0.05) is 17.8 Å². The first-order valence-electron chi connectivity index (χ1n) is 6.02. The van der Waals surface area contributed by atoms with Gasteiger partial charge in [-0.3, -0.25) is 14.1 Å². The van der Waals surface area contributed by atoms with Crippen LogP contribution >= 0.6 is 67.8 Å². The number of hydrogen-bond donors (Lipinski definition) is 1. The van der Waals surface area contributed by atoms with Crippen molar-refractivity contribution >= 4 is 89.8 Å². The van der Waals surface area contributed by atoms with E-state index in [9.17, 15) is 18.0 Å². The lowest BCUT2D eigenvalue weighted by molar-refractivity contribution is -0.143. The van der Waals surface area contributed by atoms with Crippen molar-refractivity contribution in [3.05, 3.63) is 28.4 Å². The average Bonchev–Trinajstić information content (AvgIpc) is 2.40. The van der Waals surface area contributed by atoms with E-state index in [1.54, 1.807) is 6.07 Å². The summed E-state index contributed by atoms with van der Waals surface area (Å²) in [5.74, 6) is -1.76. The maximum atomic E-state index is 12.4. The minimum absolute atomic E-state index is 0.317. The molecule has 0 unspecified atom stereocenters. The lowest BCUT2D eigenvalue weighted by Crippen LogP contribution is -2.34. The molecule has 1 amide bonds. The summed E-state index contributed by atoms with van der Waals surface area (Å²) in [4.78, 5) is 25.2. The third-order valence-corrected chi connectivity index (χ3v) is 6.89. The predicted molar refractivity (Wildman–Crippen MR) is 109 cm³/mol. The molecule has 128 valence electrons. The van der Waals surface area contributed by atoms with Gasteiger partial charge in [0.1, 0.15) is 18.9 Å². The summed E-state index contributed by atoms with van der Waals surface area (Å²) < 4.78 is 36.9. The largest absolute Gasteiger partial charge is 0.463 e. The van der Waals surface area contributed by atoms with Crippen molar-refractivity contribution in [2.24, 2.45) is 0 Å². The molecule has 1 aromatic carbocycles. The number of carbonyl (C=O) groups excluding carboxylic acids is 2. The Morgan fingerprint density at radius 2 is 1.87 bits per heavy atom. The monoisotopic (exact) mass is 679 g/mol. The molecule has 0 aliphatic heterocycles. The van der Waals surface area contributed by atoms with E-state index < -0.39 is 28.4 Å². The zero-order valence-electron chi connectivity index (χ0n) is 11.8. The highest BCUT2D eigenvalue weighted by atomic mass is 127. The van der Waals surface area contributed by atoms with E-state index in [4.69, 9.17) is 4.55 Å². The molecule has 1 rings (SSSR count). The molecule has 0 radical (unpaired) electrons. The summed E-state index contributed by atoms with van der Waals surface area (Å²) in [5, 5.41) is 0. The predicted octanol–water partition coefficient (Wildman–Crippen LogP) is 2.00. The van der Waals surface area contributed by atoms with Crippen LogP contribution in [0, 0.1) is 10.7 Å². The molecule has 0 saturated heterocycles. The first kappa shape index (κ1) is 21.3. The quantitative estimate of drug-likeness (QED) is 0.214. The molecule has 1 N–H and O–H groups in total. The molecule has 0 atom stereocenters. The average molecular weight is 679 g/mol. The fourth-order valence-electron chi connectivity index (χ4n) is 1.49. The van der Waals surface area contributed by atoms with Crippen molar-refractivity contribution in [2.45, 2.75) is 0 Å². The maximum absolute atomic E-state index is 12.4. The number of amides is 1. The Balaban J connectivity index is 2.69. The molecule has 0 aromatic heterocycles. The fraction of sp³-hybridized carbons (Fsp3) is 0.333. The Morgan fingerprint density at radius 3 is 2.43 bits per heavy atom. The third-order valence-electron chi connectivity index (χ3n) is 2.54. The van der Waals surface area contributed by atoms with Crippen LogP contribution in [-0.2, 0) is 19.6 Å². The van der Waals surface area contributed by atoms with E-state index in [1.807, 2.05) is 6.07 Å². The number of carbonyl (C=O) groups is 2. The minimum atomic E-state index is -4.18. The second-order valence-electron chi connectivity index (χ2n) is 4.42. The van der Waals surface area contributed by atoms with Gasteiger partial charge < -0.3 is 9.64 Å². The zero-order chi connectivity index (χ0) is 17.8. The van der Waals surface area contributed by atoms with Crippen molar-refractivity contribution in [1.29, 1.82) is 0 Å². The molecule has 1 aromatic rings. The topological polar surface area (TPSA) is 101 Å². The first-order valence-corrected chi connectivity index (χ1v) is 10.9. The zero-order valence-corrected chi connectivity index (χ0v) is 19.0. The lowest BCUT2D eigenvalue weighted by atomic mass is 10.2. The highest BCUT2D eigenvalue weighted by Crippen LogP contribution is 2.23. The van der Waals surface area contributed by atoms with Gasteiger partial charge in [-0.2, -0.15) is 8.42 Å². The van der Waals surface area contributed by atoms with Crippen molar-refractivity contribution in [3.63, 3.8) is 0 Å². The molecular weight excluding hydrogens is 667 g/mol. The molecule has 0 bridgehead atoms. The molecule has 0 saturated carbocycles. The number of halogens is 3. The molecule has 11 heteroatoms. The summed E-state index contributed by atoms with van der Waals surface area (Å²) in [6.45, 7) is -0.777. The number of benzene rings is 1. The first-order chi connectivity index (χ1) is 10.5. The Hall–Kier alpha value is 0.260. The molecule has 7 nitrogen and oxygen atoms in total. The van der Waals surface area contributed by atoms with E-state index in [0.717, 1.165) is 10.7 Å². The third kappa shape index (κ3) is 7.35. The SMILES string of the molecule is CN(CC(=O)OCCS(=O)(=O)O)C(=O)c1cc(I)cc(I)c1I. The van der Waals surface area contributed by atoms with Gasteiger partial charge in [-0.15, -0.1) is 0 Å². The molecule has 0 spiro atoms.